The molecule has 0 radical (unpaired) electrons. The number of hydrogen-bond donors (Lipinski definition) is 1. The summed E-state index contributed by atoms with van der Waals surface area (Å²) in [6.45, 7) is 4.84. The van der Waals surface area contributed by atoms with E-state index in [1.54, 1.807) is 0 Å². The van der Waals surface area contributed by atoms with Crippen molar-refractivity contribution in [2.45, 2.75) is 30.4 Å². The predicted molar refractivity (Wildman–Crippen MR) is 85.6 cm³/mol. The van der Waals surface area contributed by atoms with Crippen LogP contribution >= 0.6 is 11.8 Å². The van der Waals surface area contributed by atoms with E-state index in [0.29, 0.717) is 5.25 Å². The Labute approximate surface area is 124 Å². The molecule has 2 nitrogen and oxygen atoms in total. The molecule has 104 valence electrons. The Balaban J connectivity index is 1.67. The molecule has 20 heavy (non-hydrogen) atoms. The average molecular weight is 285 g/mol. The van der Waals surface area contributed by atoms with Crippen LogP contribution in [0, 0.1) is 13.8 Å². The number of ether oxygens (including phenoxy) is 1. The molecule has 1 atom stereocenters. The topological polar surface area (TPSA) is 35.2 Å². The summed E-state index contributed by atoms with van der Waals surface area (Å²) in [6.07, 6.45) is 1.09. The van der Waals surface area contributed by atoms with E-state index >= 15 is 0 Å². The number of benzene rings is 2. The van der Waals surface area contributed by atoms with Crippen LogP contribution < -0.4 is 10.5 Å². The molecule has 2 N–H and O–H groups in total. The van der Waals surface area contributed by atoms with Crippen LogP contribution in [0.5, 0.6) is 5.75 Å². The third-order valence-corrected chi connectivity index (χ3v) is 4.90. The first kappa shape index (κ1) is 13.4. The van der Waals surface area contributed by atoms with E-state index in [4.69, 9.17) is 10.5 Å². The smallest absolute Gasteiger partial charge is 0.125 e. The third kappa shape index (κ3) is 2.63. The number of fused-ring (bicyclic) bond motifs is 1. The normalized spacial score (nSPS) is 17.0. The Kier molecular flexibility index (Phi) is 3.62. The Bertz CT molecular complexity index is 591. The molecule has 3 heteroatoms. The molecule has 2 aromatic rings. The number of nitrogens with two attached hydrogens (primary N) is 1. The second-order valence-electron chi connectivity index (χ2n) is 5.35. The van der Waals surface area contributed by atoms with Gasteiger partial charge < -0.3 is 10.5 Å². The van der Waals surface area contributed by atoms with Gasteiger partial charge in [0.15, 0.2) is 0 Å². The largest absolute Gasteiger partial charge is 0.492 e. The Hall–Kier alpha value is -1.61. The number of anilines is 1. The number of rotatable bonds is 3. The summed E-state index contributed by atoms with van der Waals surface area (Å²) in [5, 5.41) is 0.503. The summed E-state index contributed by atoms with van der Waals surface area (Å²) in [4.78, 5) is 1.40. The van der Waals surface area contributed by atoms with E-state index in [0.717, 1.165) is 35.6 Å². The SMILES string of the molecule is Cc1cc(N)cc(C)c1OCC1Cc2ccccc2S1. The quantitative estimate of drug-likeness (QED) is 0.866. The standard InChI is InChI=1S/C17H19NOS/c1-11-7-14(18)8-12(2)17(11)19-10-15-9-13-5-3-4-6-16(13)20-15/h3-8,15H,9-10,18H2,1-2H3. The number of aryl methyl sites for hydroxylation is 2. The fourth-order valence-electron chi connectivity index (χ4n) is 2.73. The van der Waals surface area contributed by atoms with E-state index in [1.807, 2.05) is 23.9 Å². The summed E-state index contributed by atoms with van der Waals surface area (Å²) >= 11 is 1.92. The zero-order valence-electron chi connectivity index (χ0n) is 11.8. The van der Waals surface area contributed by atoms with Gasteiger partial charge in [-0.3, -0.25) is 0 Å². The highest BCUT2D eigenvalue weighted by molar-refractivity contribution is 8.00. The first-order valence-corrected chi connectivity index (χ1v) is 7.75. The lowest BCUT2D eigenvalue weighted by atomic mass is 10.1. The molecule has 0 spiro atoms. The monoisotopic (exact) mass is 285 g/mol. The molecular weight excluding hydrogens is 266 g/mol. The molecule has 0 aromatic heterocycles. The fourth-order valence-corrected chi connectivity index (χ4v) is 3.95. The highest BCUT2D eigenvalue weighted by Gasteiger charge is 2.22. The number of nitrogen functional groups attached to an aromatic ring is 1. The summed E-state index contributed by atoms with van der Waals surface area (Å²) < 4.78 is 6.06. The first-order valence-electron chi connectivity index (χ1n) is 6.87. The Morgan fingerprint density at radius 1 is 1.20 bits per heavy atom. The third-order valence-electron chi connectivity index (χ3n) is 3.61. The molecule has 0 aliphatic carbocycles. The first-order chi connectivity index (χ1) is 9.63. The lowest BCUT2D eigenvalue weighted by molar-refractivity contribution is 0.313. The Morgan fingerprint density at radius 3 is 2.60 bits per heavy atom. The number of hydrogen-bond acceptors (Lipinski definition) is 3. The minimum atomic E-state index is 0.503. The van der Waals surface area contributed by atoms with Crippen LogP contribution in [-0.4, -0.2) is 11.9 Å². The van der Waals surface area contributed by atoms with Gasteiger partial charge >= 0.3 is 0 Å². The molecule has 0 amide bonds. The van der Waals surface area contributed by atoms with Crippen LogP contribution in [0.15, 0.2) is 41.3 Å². The molecule has 1 aliphatic rings. The number of thioether (sulfide) groups is 1. The molecule has 2 aromatic carbocycles. The molecule has 1 heterocycles. The summed E-state index contributed by atoms with van der Waals surface area (Å²) in [5.74, 6) is 0.982. The molecule has 0 saturated carbocycles. The van der Waals surface area contributed by atoms with Gasteiger partial charge in [-0.05, 0) is 55.2 Å². The summed E-state index contributed by atoms with van der Waals surface area (Å²) in [7, 11) is 0. The molecule has 1 unspecified atom stereocenters. The van der Waals surface area contributed by atoms with Crippen LogP contribution in [0.4, 0.5) is 5.69 Å². The zero-order chi connectivity index (χ0) is 14.1. The van der Waals surface area contributed by atoms with Gasteiger partial charge in [0, 0.05) is 15.8 Å². The lowest BCUT2D eigenvalue weighted by Gasteiger charge is -2.15. The van der Waals surface area contributed by atoms with Crippen LogP contribution in [0.1, 0.15) is 16.7 Å². The average Bonchev–Trinajstić information content (AvgIpc) is 2.80. The van der Waals surface area contributed by atoms with Crippen molar-refractivity contribution >= 4 is 17.4 Å². The maximum atomic E-state index is 6.06. The maximum Gasteiger partial charge on any atom is 0.125 e. The summed E-state index contributed by atoms with van der Waals surface area (Å²) in [5.41, 5.74) is 10.3. The van der Waals surface area contributed by atoms with E-state index in [2.05, 4.69) is 38.1 Å². The molecule has 3 rings (SSSR count). The van der Waals surface area contributed by atoms with Crippen molar-refractivity contribution in [3.8, 4) is 5.75 Å². The van der Waals surface area contributed by atoms with Crippen molar-refractivity contribution in [1.29, 1.82) is 0 Å². The van der Waals surface area contributed by atoms with Crippen LogP contribution in [0.2, 0.25) is 0 Å². The van der Waals surface area contributed by atoms with Gasteiger partial charge in [-0.15, -0.1) is 11.8 Å². The molecule has 0 fully saturated rings. The van der Waals surface area contributed by atoms with Crippen LogP contribution in [-0.2, 0) is 6.42 Å². The lowest BCUT2D eigenvalue weighted by Crippen LogP contribution is -2.14. The van der Waals surface area contributed by atoms with Crippen molar-refractivity contribution < 1.29 is 4.74 Å². The highest BCUT2D eigenvalue weighted by Crippen LogP contribution is 2.37. The van der Waals surface area contributed by atoms with E-state index in [9.17, 15) is 0 Å². The van der Waals surface area contributed by atoms with Gasteiger partial charge in [0.2, 0.25) is 0 Å². The van der Waals surface area contributed by atoms with Gasteiger partial charge in [-0.1, -0.05) is 18.2 Å². The fraction of sp³-hybridized carbons (Fsp3) is 0.294. The molecule has 1 aliphatic heterocycles. The van der Waals surface area contributed by atoms with Gasteiger partial charge in [0.25, 0.3) is 0 Å². The predicted octanol–water partition coefficient (Wildman–Crippen LogP) is 3.98. The van der Waals surface area contributed by atoms with E-state index < -0.39 is 0 Å². The minimum Gasteiger partial charge on any atom is -0.492 e. The van der Waals surface area contributed by atoms with Gasteiger partial charge in [0.1, 0.15) is 12.4 Å². The van der Waals surface area contributed by atoms with Crippen molar-refractivity contribution in [1.82, 2.24) is 0 Å². The van der Waals surface area contributed by atoms with Crippen molar-refractivity contribution in [3.05, 3.63) is 53.1 Å². The van der Waals surface area contributed by atoms with Gasteiger partial charge in [-0.25, -0.2) is 0 Å². The Morgan fingerprint density at radius 2 is 1.90 bits per heavy atom. The minimum absolute atomic E-state index is 0.503. The highest BCUT2D eigenvalue weighted by atomic mass is 32.2. The molecular formula is C17H19NOS. The van der Waals surface area contributed by atoms with Crippen molar-refractivity contribution in [3.63, 3.8) is 0 Å². The zero-order valence-corrected chi connectivity index (χ0v) is 12.7. The van der Waals surface area contributed by atoms with Crippen LogP contribution in [0.25, 0.3) is 0 Å². The van der Waals surface area contributed by atoms with Gasteiger partial charge in [0.05, 0.1) is 0 Å². The van der Waals surface area contributed by atoms with Crippen LogP contribution in [0.3, 0.4) is 0 Å². The van der Waals surface area contributed by atoms with E-state index in [1.165, 1.54) is 10.5 Å². The van der Waals surface area contributed by atoms with E-state index in [-0.39, 0.29) is 0 Å². The van der Waals surface area contributed by atoms with Crippen molar-refractivity contribution in [2.24, 2.45) is 0 Å². The molecule has 0 saturated heterocycles. The van der Waals surface area contributed by atoms with Crippen molar-refractivity contribution in [2.75, 3.05) is 12.3 Å². The second kappa shape index (κ2) is 5.41. The maximum absolute atomic E-state index is 6.06. The molecule has 0 bridgehead atoms. The van der Waals surface area contributed by atoms with Gasteiger partial charge in [-0.2, -0.15) is 0 Å². The summed E-state index contributed by atoms with van der Waals surface area (Å²) in [6, 6.07) is 12.6. The second-order valence-corrected chi connectivity index (χ2v) is 6.69.